The first-order chi connectivity index (χ1) is 32.8. The minimum absolute atomic E-state index is 0.0624. The van der Waals surface area contributed by atoms with Crippen molar-refractivity contribution >= 4 is 58.0 Å². The lowest BCUT2D eigenvalue weighted by Gasteiger charge is -2.39. The summed E-state index contributed by atoms with van der Waals surface area (Å²) in [5, 5.41) is 15.6. The van der Waals surface area contributed by atoms with Crippen LogP contribution >= 0.6 is 0 Å². The number of ether oxygens (including phenoxy) is 1. The molecule has 6 heterocycles. The van der Waals surface area contributed by atoms with Gasteiger partial charge in [0.05, 0.1) is 18.7 Å². The highest BCUT2D eigenvalue weighted by Gasteiger charge is 2.34. The summed E-state index contributed by atoms with van der Waals surface area (Å²) in [6.07, 6.45) is 5.99. The second kappa shape index (κ2) is 20.9. The summed E-state index contributed by atoms with van der Waals surface area (Å²) >= 11 is 0. The zero-order valence-electron chi connectivity index (χ0n) is 39.2. The van der Waals surface area contributed by atoms with Crippen molar-refractivity contribution in [2.24, 2.45) is 23.7 Å². The molecule has 1 aromatic heterocycles. The lowest BCUT2D eigenvalue weighted by Crippen LogP contribution is -2.49. The summed E-state index contributed by atoms with van der Waals surface area (Å²) in [6, 6.07) is 7.95. The van der Waals surface area contributed by atoms with Gasteiger partial charge in [0.25, 0.3) is 6.43 Å². The van der Waals surface area contributed by atoms with Crippen LogP contribution in [0.1, 0.15) is 93.9 Å². The largest absolute Gasteiger partial charge is 0.491 e. The molecule has 364 valence electrons. The van der Waals surface area contributed by atoms with E-state index in [1.807, 2.05) is 17.0 Å². The molecule has 5 aliphatic rings. The summed E-state index contributed by atoms with van der Waals surface area (Å²) in [4.78, 5) is 75.6. The number of hydrogen-bond donors (Lipinski definition) is 4. The molecule has 8 rings (SSSR count). The highest BCUT2D eigenvalue weighted by atomic mass is 19.3. The molecule has 1 atom stereocenters. The Hall–Kier alpha value is -6.37. The van der Waals surface area contributed by atoms with Crippen LogP contribution in [0.2, 0.25) is 0 Å². The predicted octanol–water partition coefficient (Wildman–Crippen LogP) is 4.25. The number of carbonyl (C=O) groups is 4. The van der Waals surface area contributed by atoms with E-state index in [1.54, 1.807) is 36.0 Å². The molecule has 68 heavy (non-hydrogen) atoms. The number of para-hydroxylation sites is 1. The number of benzene rings is 2. The Kier molecular flexibility index (Phi) is 14.8. The van der Waals surface area contributed by atoms with Gasteiger partial charge in [-0.1, -0.05) is 6.07 Å². The lowest BCUT2D eigenvalue weighted by atomic mass is 9.91. The number of imide groups is 1. The Balaban J connectivity index is 0.835. The highest BCUT2D eigenvalue weighted by Crippen LogP contribution is 2.38. The Labute approximate surface area is 394 Å². The number of halogens is 2. The van der Waals surface area contributed by atoms with Gasteiger partial charge in [-0.05, 0) is 99.3 Å². The number of amidine groups is 1. The fourth-order valence-electron chi connectivity index (χ4n) is 10.5. The summed E-state index contributed by atoms with van der Waals surface area (Å²) in [5.41, 5.74) is 10.2. The maximum atomic E-state index is 14.6. The zero-order valence-corrected chi connectivity index (χ0v) is 39.2. The number of piperidine rings is 3. The lowest BCUT2D eigenvalue weighted by molar-refractivity contribution is -0.136. The van der Waals surface area contributed by atoms with Crippen molar-refractivity contribution in [2.45, 2.75) is 89.6 Å². The number of allylic oxidation sites excluding steroid dienone is 1. The van der Waals surface area contributed by atoms with Crippen molar-refractivity contribution in [3.05, 3.63) is 75.0 Å². The van der Waals surface area contributed by atoms with Gasteiger partial charge in [-0.2, -0.15) is 0 Å². The first-order valence-electron chi connectivity index (χ1n) is 23.8. The number of hydrogen-bond acceptors (Lipinski definition) is 11. The minimum atomic E-state index is -2.78. The highest BCUT2D eigenvalue weighted by molar-refractivity contribution is 6.12. The predicted molar refractivity (Wildman–Crippen MR) is 256 cm³/mol. The molecular formula is C49H63F2N11O6. The van der Waals surface area contributed by atoms with E-state index < -0.39 is 18.4 Å². The molecule has 0 spiro atoms. The van der Waals surface area contributed by atoms with E-state index in [0.717, 1.165) is 56.5 Å². The second-order valence-electron chi connectivity index (χ2n) is 18.6. The third kappa shape index (κ3) is 10.1. The summed E-state index contributed by atoms with van der Waals surface area (Å²) < 4.78 is 38.4. The number of likely N-dealkylation sites (tertiary alicyclic amines) is 2. The number of aryl methyl sites for hydroxylation is 2. The monoisotopic (exact) mass is 939 g/mol. The molecule has 3 aromatic rings. The van der Waals surface area contributed by atoms with Crippen LogP contribution in [-0.4, -0.2) is 132 Å². The van der Waals surface area contributed by atoms with Crippen LogP contribution in [0, 0.1) is 11.3 Å². The van der Waals surface area contributed by atoms with E-state index in [2.05, 4.69) is 20.5 Å². The van der Waals surface area contributed by atoms with Gasteiger partial charge in [0.15, 0.2) is 0 Å². The molecule has 0 radical (unpaired) electrons. The van der Waals surface area contributed by atoms with Gasteiger partial charge in [0.2, 0.25) is 23.6 Å². The van der Waals surface area contributed by atoms with E-state index in [1.165, 1.54) is 34.5 Å². The van der Waals surface area contributed by atoms with Crippen molar-refractivity contribution in [1.29, 1.82) is 5.41 Å². The Morgan fingerprint density at radius 2 is 1.76 bits per heavy atom. The molecule has 19 heteroatoms. The molecule has 1 unspecified atom stereocenters. The molecule has 3 saturated heterocycles. The Bertz CT molecular complexity index is 2600. The molecule has 2 aromatic carbocycles. The van der Waals surface area contributed by atoms with Crippen molar-refractivity contribution in [1.82, 2.24) is 34.5 Å². The molecular weight excluding hydrogens is 877 g/mol. The third-order valence-corrected chi connectivity index (χ3v) is 14.3. The fraction of sp³-hybridized carbons (Fsp3) is 0.531. The summed E-state index contributed by atoms with van der Waals surface area (Å²) in [5.74, 6) is 0.263. The van der Waals surface area contributed by atoms with Crippen LogP contribution < -0.4 is 31.7 Å². The SMILES string of the molecule is CN=CC(=CN)c1cc2c(cc1C(F)F)N(C(=N)C1=C(NC3CCN(C(=O)CCN4CCC(COc5cccc6c5n(C)c(=O)n6C5CCC(=O)NC5=O)CC4)CC3)CCN(C(C)=O)C1)CCC2. The number of amides is 4. The van der Waals surface area contributed by atoms with E-state index in [9.17, 15) is 38.2 Å². The normalized spacial score (nSPS) is 20.4. The number of carbonyl (C=O) groups excluding carboxylic acids is 4. The number of imidazole rings is 1. The van der Waals surface area contributed by atoms with Crippen molar-refractivity contribution in [3.8, 4) is 5.75 Å². The molecule has 3 fully saturated rings. The molecule has 0 saturated carbocycles. The van der Waals surface area contributed by atoms with Gasteiger partial charge in [-0.3, -0.25) is 44.0 Å². The number of aliphatic imine (C=N–C) groups is 1. The van der Waals surface area contributed by atoms with Crippen LogP contribution in [0.25, 0.3) is 16.6 Å². The average Bonchev–Trinajstić information content (AvgIpc) is 3.59. The van der Waals surface area contributed by atoms with Crippen molar-refractivity contribution in [2.75, 3.05) is 70.9 Å². The number of nitrogens with two attached hydrogens (primary N) is 1. The average molecular weight is 940 g/mol. The number of alkyl halides is 2. The molecule has 5 N–H and O–H groups in total. The maximum Gasteiger partial charge on any atom is 0.329 e. The number of nitrogens with one attached hydrogen (secondary N) is 3. The van der Waals surface area contributed by atoms with Gasteiger partial charge in [0, 0.05) is 120 Å². The third-order valence-electron chi connectivity index (χ3n) is 14.3. The molecule has 4 amide bonds. The van der Waals surface area contributed by atoms with Gasteiger partial charge < -0.3 is 35.4 Å². The van der Waals surface area contributed by atoms with Crippen LogP contribution in [0.15, 0.2) is 57.6 Å². The van der Waals surface area contributed by atoms with Crippen molar-refractivity contribution < 1.29 is 32.7 Å². The second-order valence-corrected chi connectivity index (χ2v) is 18.6. The fourth-order valence-corrected chi connectivity index (χ4v) is 10.5. The summed E-state index contributed by atoms with van der Waals surface area (Å²) in [7, 11) is 3.22. The van der Waals surface area contributed by atoms with Gasteiger partial charge >= 0.3 is 5.69 Å². The molecule has 0 aliphatic carbocycles. The van der Waals surface area contributed by atoms with Crippen molar-refractivity contribution in [3.63, 3.8) is 0 Å². The number of rotatable bonds is 13. The number of fused-ring (bicyclic) bond motifs is 2. The van der Waals surface area contributed by atoms with Gasteiger partial charge in [-0.15, -0.1) is 0 Å². The number of aromatic nitrogens is 2. The number of anilines is 1. The van der Waals surface area contributed by atoms with E-state index in [0.29, 0.717) is 104 Å². The van der Waals surface area contributed by atoms with E-state index in [4.69, 9.17) is 10.5 Å². The minimum Gasteiger partial charge on any atom is -0.491 e. The standard InChI is InChI=1S/C49H63F2N11O6/c1-30(63)60-23-15-38(37(28-60)47(53)61-17-5-6-32-24-35(33(26-52)27-54-2)36(46(50)51)25-41(32)61)55-34-13-21-59(22-14-34)44(65)16-20-58-18-11-31(12-19-58)29-68-42-8-4-7-39-45(42)57(3)49(67)62(39)40-9-10-43(64)56-48(40)66/h4,7-8,24-27,31,34,40,46,53,55H,5-6,9-23,28-29,52H2,1-3H3,(H,56,64,66). The van der Waals surface area contributed by atoms with Crippen LogP contribution in [-0.2, 0) is 32.6 Å². The molecule has 0 bridgehead atoms. The number of nitrogens with zero attached hydrogens (tertiary/aromatic N) is 7. The Morgan fingerprint density at radius 1 is 1.00 bits per heavy atom. The maximum absolute atomic E-state index is 14.6. The smallest absolute Gasteiger partial charge is 0.329 e. The molecule has 5 aliphatic heterocycles. The first-order valence-corrected chi connectivity index (χ1v) is 23.8. The van der Waals surface area contributed by atoms with Gasteiger partial charge in [0.1, 0.15) is 23.1 Å². The topological polar surface area (TPSA) is 204 Å². The summed E-state index contributed by atoms with van der Waals surface area (Å²) in [6.45, 7) is 6.75. The van der Waals surface area contributed by atoms with Gasteiger partial charge in [-0.25, -0.2) is 13.6 Å². The van der Waals surface area contributed by atoms with Crippen LogP contribution in [0.5, 0.6) is 5.75 Å². The van der Waals surface area contributed by atoms with E-state index >= 15 is 0 Å². The van der Waals surface area contributed by atoms with Crippen LogP contribution in [0.4, 0.5) is 14.5 Å². The quantitative estimate of drug-likeness (QED) is 0.109. The van der Waals surface area contributed by atoms with Crippen LogP contribution in [0.3, 0.4) is 0 Å². The molecule has 17 nitrogen and oxygen atoms in total. The Morgan fingerprint density at radius 3 is 2.46 bits per heavy atom. The van der Waals surface area contributed by atoms with E-state index in [-0.39, 0.29) is 60.2 Å². The first kappa shape index (κ1) is 48.1. The zero-order chi connectivity index (χ0) is 48.2.